The topological polar surface area (TPSA) is 4.93 Å². The van der Waals surface area contributed by atoms with Crippen LogP contribution in [0.5, 0.6) is 0 Å². The first kappa shape index (κ1) is 23.9. The summed E-state index contributed by atoms with van der Waals surface area (Å²) >= 11 is 0. The van der Waals surface area contributed by atoms with Gasteiger partial charge in [0.2, 0.25) is 0 Å². The Morgan fingerprint density at radius 1 is 0.575 bits per heavy atom. The van der Waals surface area contributed by atoms with E-state index in [9.17, 15) is 0 Å². The summed E-state index contributed by atoms with van der Waals surface area (Å²) in [6.07, 6.45) is 4.02. The zero-order valence-electron chi connectivity index (χ0n) is 22.5. The Balaban J connectivity index is 1.57. The van der Waals surface area contributed by atoms with Gasteiger partial charge in [0.15, 0.2) is 0 Å². The summed E-state index contributed by atoms with van der Waals surface area (Å²) in [5.41, 5.74) is 10.8. The van der Waals surface area contributed by atoms with Gasteiger partial charge >= 0.3 is 0 Å². The van der Waals surface area contributed by atoms with E-state index >= 15 is 0 Å². The lowest BCUT2D eigenvalue weighted by Crippen LogP contribution is -1.94. The Morgan fingerprint density at radius 3 is 1.93 bits per heavy atom. The number of hydrogen-bond acceptors (Lipinski definition) is 0. The fourth-order valence-corrected chi connectivity index (χ4v) is 6.03. The summed E-state index contributed by atoms with van der Waals surface area (Å²) in [5, 5.41) is 5.08. The van der Waals surface area contributed by atoms with Gasteiger partial charge < -0.3 is 4.57 Å². The van der Waals surface area contributed by atoms with Crippen molar-refractivity contribution in [3.8, 4) is 27.9 Å². The Kier molecular flexibility index (Phi) is 5.91. The van der Waals surface area contributed by atoms with Crippen molar-refractivity contribution in [3.63, 3.8) is 0 Å². The maximum atomic E-state index is 3.98. The zero-order valence-corrected chi connectivity index (χ0v) is 22.5. The van der Waals surface area contributed by atoms with E-state index in [2.05, 4.69) is 158 Å². The highest BCUT2D eigenvalue weighted by molar-refractivity contribution is 6.24. The van der Waals surface area contributed by atoms with Crippen LogP contribution in [0.3, 0.4) is 0 Å². The summed E-state index contributed by atoms with van der Waals surface area (Å²) in [6.45, 7) is 6.03. The van der Waals surface area contributed by atoms with Crippen molar-refractivity contribution in [2.75, 3.05) is 0 Å². The van der Waals surface area contributed by atoms with Gasteiger partial charge in [-0.1, -0.05) is 128 Å². The molecule has 0 N–H and O–H groups in total. The van der Waals surface area contributed by atoms with Crippen LogP contribution in [-0.2, 0) is 0 Å². The van der Waals surface area contributed by atoms with Crippen LogP contribution in [0.1, 0.15) is 12.5 Å². The maximum absolute atomic E-state index is 3.98. The normalized spacial score (nSPS) is 11.9. The fourth-order valence-electron chi connectivity index (χ4n) is 6.03. The molecule has 190 valence electrons. The molecule has 1 nitrogen and oxygen atoms in total. The molecule has 0 fully saturated rings. The first-order chi connectivity index (χ1) is 19.8. The molecule has 0 saturated heterocycles. The summed E-state index contributed by atoms with van der Waals surface area (Å²) in [5.74, 6) is 0. The molecule has 7 aromatic rings. The second-order valence-electron chi connectivity index (χ2n) is 10.2. The van der Waals surface area contributed by atoms with Crippen LogP contribution in [0.15, 0.2) is 152 Å². The van der Waals surface area contributed by atoms with E-state index in [4.69, 9.17) is 0 Å². The molecule has 1 heteroatoms. The van der Waals surface area contributed by atoms with Gasteiger partial charge in [-0.3, -0.25) is 0 Å². The molecule has 1 heterocycles. The first-order valence-electron chi connectivity index (χ1n) is 13.8. The summed E-state index contributed by atoms with van der Waals surface area (Å²) in [7, 11) is 0. The summed E-state index contributed by atoms with van der Waals surface area (Å²) in [4.78, 5) is 0. The van der Waals surface area contributed by atoms with Crippen LogP contribution in [0.25, 0.3) is 66.1 Å². The van der Waals surface area contributed by atoms with E-state index in [1.165, 1.54) is 60.4 Å². The Labute approximate surface area is 235 Å². The number of hydrogen-bond donors (Lipinski definition) is 0. The lowest BCUT2D eigenvalue weighted by atomic mass is 9.93. The zero-order chi connectivity index (χ0) is 27.1. The van der Waals surface area contributed by atoms with Gasteiger partial charge in [-0.05, 0) is 75.4 Å². The molecule has 0 aliphatic heterocycles. The molecule has 0 unspecified atom stereocenters. The third kappa shape index (κ3) is 3.87. The standard InChI is InChI=1S/C39H29N/c1-3-27(4-2)29-19-21-30(22-20-29)36-26-38-39(34-18-12-11-17-33(34)36)35-24-23-31(28-13-7-5-8-14-28)25-37(35)40(38)32-15-9-6-10-16-32/h3-26H,1H2,2H3/b27-4+. The number of para-hydroxylation sites is 1. The molecule has 0 atom stereocenters. The van der Waals surface area contributed by atoms with E-state index in [0.29, 0.717) is 0 Å². The fraction of sp³-hybridized carbons (Fsp3) is 0.0256. The predicted octanol–water partition coefficient (Wildman–Crippen LogP) is 10.9. The van der Waals surface area contributed by atoms with Gasteiger partial charge in [0.25, 0.3) is 0 Å². The van der Waals surface area contributed by atoms with Gasteiger partial charge in [-0.25, -0.2) is 0 Å². The van der Waals surface area contributed by atoms with Crippen molar-refractivity contribution in [2.24, 2.45) is 0 Å². The number of aromatic nitrogens is 1. The number of allylic oxidation sites excluding steroid dienone is 3. The van der Waals surface area contributed by atoms with Gasteiger partial charge in [0, 0.05) is 16.5 Å². The van der Waals surface area contributed by atoms with Crippen LogP contribution in [-0.4, -0.2) is 4.57 Å². The highest BCUT2D eigenvalue weighted by Gasteiger charge is 2.18. The Bertz CT molecular complexity index is 2040. The van der Waals surface area contributed by atoms with Crippen molar-refractivity contribution >= 4 is 38.2 Å². The summed E-state index contributed by atoms with van der Waals surface area (Å²) < 4.78 is 2.43. The van der Waals surface area contributed by atoms with Crippen molar-refractivity contribution in [1.82, 2.24) is 4.57 Å². The molecule has 7 rings (SSSR count). The third-order valence-corrected chi connectivity index (χ3v) is 7.95. The second-order valence-corrected chi connectivity index (χ2v) is 10.2. The molecule has 0 aliphatic carbocycles. The summed E-state index contributed by atoms with van der Waals surface area (Å²) in [6, 6.07) is 48.3. The molecule has 1 aromatic heterocycles. The largest absolute Gasteiger partial charge is 0.309 e. The monoisotopic (exact) mass is 511 g/mol. The number of fused-ring (bicyclic) bond motifs is 5. The molecule has 0 spiro atoms. The smallest absolute Gasteiger partial charge is 0.0553 e. The van der Waals surface area contributed by atoms with Crippen molar-refractivity contribution in [2.45, 2.75) is 6.92 Å². The van der Waals surface area contributed by atoms with Crippen molar-refractivity contribution in [3.05, 3.63) is 158 Å². The average Bonchev–Trinajstić information content (AvgIpc) is 3.36. The number of rotatable bonds is 5. The lowest BCUT2D eigenvalue weighted by Gasteiger charge is -2.13. The molecular formula is C39H29N. The minimum absolute atomic E-state index is 1.14. The average molecular weight is 512 g/mol. The molecule has 0 aliphatic rings. The van der Waals surface area contributed by atoms with E-state index in [0.717, 1.165) is 11.3 Å². The third-order valence-electron chi connectivity index (χ3n) is 7.95. The molecule has 40 heavy (non-hydrogen) atoms. The van der Waals surface area contributed by atoms with Gasteiger partial charge in [-0.15, -0.1) is 0 Å². The number of benzene rings is 6. The van der Waals surface area contributed by atoms with Crippen molar-refractivity contribution < 1.29 is 0 Å². The molecular weight excluding hydrogens is 482 g/mol. The highest BCUT2D eigenvalue weighted by Crippen LogP contribution is 2.42. The molecule has 0 amide bonds. The quantitative estimate of drug-likeness (QED) is 0.203. The van der Waals surface area contributed by atoms with Crippen LogP contribution in [0.4, 0.5) is 0 Å². The van der Waals surface area contributed by atoms with E-state index in [1.54, 1.807) is 0 Å². The van der Waals surface area contributed by atoms with Gasteiger partial charge in [0.1, 0.15) is 0 Å². The SMILES string of the molecule is C=C/C(=C\C)c1ccc(-c2cc3c(c4ccccc24)c2ccc(-c4ccccc4)cc2n3-c2ccccc2)cc1. The first-order valence-corrected chi connectivity index (χ1v) is 13.8. The molecule has 0 bridgehead atoms. The maximum Gasteiger partial charge on any atom is 0.0553 e. The minimum Gasteiger partial charge on any atom is -0.309 e. The van der Waals surface area contributed by atoms with Gasteiger partial charge in [-0.2, -0.15) is 0 Å². The minimum atomic E-state index is 1.14. The highest BCUT2D eigenvalue weighted by atomic mass is 15.0. The van der Waals surface area contributed by atoms with Gasteiger partial charge in [0.05, 0.1) is 11.0 Å². The molecule has 0 saturated carbocycles. The van der Waals surface area contributed by atoms with E-state index < -0.39 is 0 Å². The van der Waals surface area contributed by atoms with Crippen molar-refractivity contribution in [1.29, 1.82) is 0 Å². The molecule has 6 aromatic carbocycles. The Morgan fingerprint density at radius 2 is 1.23 bits per heavy atom. The van der Waals surface area contributed by atoms with E-state index in [1.807, 2.05) is 6.08 Å². The Hall–Kier alpha value is -5.14. The number of nitrogens with zero attached hydrogens (tertiary/aromatic N) is 1. The van der Waals surface area contributed by atoms with E-state index in [-0.39, 0.29) is 0 Å². The van der Waals surface area contributed by atoms with Crippen LogP contribution in [0, 0.1) is 0 Å². The van der Waals surface area contributed by atoms with Crippen LogP contribution in [0.2, 0.25) is 0 Å². The lowest BCUT2D eigenvalue weighted by molar-refractivity contribution is 1.18. The van der Waals surface area contributed by atoms with Crippen LogP contribution >= 0.6 is 0 Å². The molecule has 0 radical (unpaired) electrons. The van der Waals surface area contributed by atoms with Crippen LogP contribution < -0.4 is 0 Å². The second kappa shape index (κ2) is 9.87. The predicted molar refractivity (Wildman–Crippen MR) is 173 cm³/mol.